The largest absolute Gasteiger partial charge is 0.457 e. The smallest absolute Gasteiger partial charge is 0.139 e. The Morgan fingerprint density at radius 1 is 0.364 bits per heavy atom. The number of nitrogens with zero attached hydrogens (tertiary/aromatic N) is 5. The second-order valence-corrected chi connectivity index (χ2v) is 16.8. The van der Waals surface area contributed by atoms with Crippen molar-refractivity contribution in [3.63, 3.8) is 0 Å². The molecule has 0 aliphatic carbocycles. The van der Waals surface area contributed by atoms with E-state index in [1.807, 2.05) is 12.3 Å². The van der Waals surface area contributed by atoms with Gasteiger partial charge < -0.3 is 19.1 Å². The molecule has 0 N–H and O–H groups in total. The van der Waals surface area contributed by atoms with E-state index in [0.717, 1.165) is 95.1 Å². The van der Waals surface area contributed by atoms with E-state index in [1.165, 1.54) is 16.5 Å². The average Bonchev–Trinajstić information content (AvgIpc) is 4.05. The van der Waals surface area contributed by atoms with Crippen LogP contribution in [0.25, 0.3) is 77.4 Å². The molecular weight excluding hydrogens is 807 g/mol. The lowest BCUT2D eigenvalue weighted by Gasteiger charge is -2.22. The van der Waals surface area contributed by atoms with Gasteiger partial charge in [0.15, 0.2) is 0 Å². The normalized spacial score (nSPS) is 12.4. The maximum atomic E-state index is 7.02. The Morgan fingerprint density at radius 3 is 1.74 bits per heavy atom. The Labute approximate surface area is 382 Å². The van der Waals surface area contributed by atoms with Crippen LogP contribution < -0.4 is 14.5 Å². The van der Waals surface area contributed by atoms with Gasteiger partial charge in [-0.15, -0.1) is 0 Å². The first kappa shape index (κ1) is 37.7. The number of ether oxygens (including phenoxy) is 1. The predicted molar refractivity (Wildman–Crippen MR) is 272 cm³/mol. The van der Waals surface area contributed by atoms with Crippen LogP contribution in [-0.4, -0.2) is 20.8 Å². The fraction of sp³-hybridized carbons (Fsp3) is 0.0167. The van der Waals surface area contributed by atoms with Gasteiger partial charge in [0.1, 0.15) is 24.0 Å². The minimum absolute atomic E-state index is 0.659. The first-order valence-electron chi connectivity index (χ1n) is 22.4. The topological polar surface area (TPSA) is 38.5 Å². The zero-order valence-corrected chi connectivity index (χ0v) is 35.9. The molecular formula is C60H41N5O. The number of aromatic nitrogens is 3. The number of hydrogen-bond acceptors (Lipinski definition) is 4. The van der Waals surface area contributed by atoms with Crippen LogP contribution in [0.1, 0.15) is 0 Å². The van der Waals surface area contributed by atoms with Crippen LogP contribution in [0.15, 0.2) is 237 Å². The highest BCUT2D eigenvalue weighted by Gasteiger charge is 2.29. The number of anilines is 4. The predicted octanol–water partition coefficient (Wildman–Crippen LogP) is 15.6. The first-order valence-corrected chi connectivity index (χ1v) is 22.4. The Morgan fingerprint density at radius 2 is 0.985 bits per heavy atom. The van der Waals surface area contributed by atoms with Gasteiger partial charge in [-0.3, -0.25) is 4.57 Å². The van der Waals surface area contributed by atoms with Crippen molar-refractivity contribution in [2.75, 3.05) is 16.5 Å². The second kappa shape index (κ2) is 15.4. The fourth-order valence-corrected chi connectivity index (χ4v) is 10.0. The van der Waals surface area contributed by atoms with Crippen molar-refractivity contribution >= 4 is 66.4 Å². The van der Waals surface area contributed by atoms with Gasteiger partial charge in [0.2, 0.25) is 0 Å². The molecule has 0 radical (unpaired) electrons. The summed E-state index contributed by atoms with van der Waals surface area (Å²) in [5, 5.41) is 4.57. The Bertz CT molecular complexity index is 3770. The molecule has 6 nitrogen and oxygen atoms in total. The minimum atomic E-state index is 0.659. The minimum Gasteiger partial charge on any atom is -0.457 e. The van der Waals surface area contributed by atoms with Crippen molar-refractivity contribution in [3.8, 4) is 45.3 Å². The Kier molecular flexibility index (Phi) is 8.81. The monoisotopic (exact) mass is 847 g/mol. The molecule has 0 saturated carbocycles. The summed E-state index contributed by atoms with van der Waals surface area (Å²) in [5.74, 6) is 2.32. The lowest BCUT2D eigenvalue weighted by molar-refractivity contribution is 0.483. The van der Waals surface area contributed by atoms with E-state index in [0.29, 0.717) is 6.67 Å². The molecule has 66 heavy (non-hydrogen) atoms. The highest BCUT2D eigenvalue weighted by Crippen LogP contribution is 2.47. The number of fused-ring (bicyclic) bond motifs is 7. The van der Waals surface area contributed by atoms with E-state index >= 15 is 0 Å². The molecule has 312 valence electrons. The quantitative estimate of drug-likeness (QED) is 0.153. The molecule has 0 saturated heterocycles. The van der Waals surface area contributed by atoms with Gasteiger partial charge in [0.25, 0.3) is 0 Å². The van der Waals surface area contributed by atoms with E-state index < -0.39 is 0 Å². The molecule has 0 bridgehead atoms. The highest BCUT2D eigenvalue weighted by molar-refractivity contribution is 6.16. The van der Waals surface area contributed by atoms with Gasteiger partial charge in [-0.1, -0.05) is 146 Å². The van der Waals surface area contributed by atoms with E-state index in [1.54, 1.807) is 0 Å². The van der Waals surface area contributed by atoms with Crippen LogP contribution in [-0.2, 0) is 0 Å². The number of hydrogen-bond donors (Lipinski definition) is 0. The lowest BCUT2D eigenvalue weighted by Crippen LogP contribution is -2.23. The van der Waals surface area contributed by atoms with Gasteiger partial charge in [0, 0.05) is 63.0 Å². The molecule has 0 atom stereocenters. The molecule has 0 fully saturated rings. The summed E-state index contributed by atoms with van der Waals surface area (Å²) in [6.45, 7) is 0.659. The molecule has 12 aromatic rings. The number of pyridine rings is 1. The summed E-state index contributed by atoms with van der Waals surface area (Å²) in [6, 6.07) is 81.6. The van der Waals surface area contributed by atoms with Crippen molar-refractivity contribution in [2.24, 2.45) is 0 Å². The van der Waals surface area contributed by atoms with E-state index in [2.05, 4.69) is 243 Å². The zero-order chi connectivity index (χ0) is 43.6. The average molecular weight is 848 g/mol. The van der Waals surface area contributed by atoms with Crippen molar-refractivity contribution in [1.29, 1.82) is 0 Å². The lowest BCUT2D eigenvalue weighted by atomic mass is 9.99. The summed E-state index contributed by atoms with van der Waals surface area (Å²) in [6.07, 6.45) is 2.04. The molecule has 1 aliphatic heterocycles. The Balaban J connectivity index is 0.955. The van der Waals surface area contributed by atoms with Gasteiger partial charge in [-0.25, -0.2) is 4.98 Å². The summed E-state index contributed by atoms with van der Waals surface area (Å²) in [5.41, 5.74) is 14.5. The maximum absolute atomic E-state index is 7.02. The molecule has 0 amide bonds. The molecule has 0 unspecified atom stereocenters. The molecule has 9 aromatic carbocycles. The fourth-order valence-electron chi connectivity index (χ4n) is 10.0. The van der Waals surface area contributed by atoms with Crippen LogP contribution in [0, 0.1) is 0 Å². The van der Waals surface area contributed by atoms with Gasteiger partial charge in [0.05, 0.1) is 33.4 Å². The highest BCUT2D eigenvalue weighted by atomic mass is 16.5. The third-order valence-electron chi connectivity index (χ3n) is 13.0. The van der Waals surface area contributed by atoms with E-state index in [9.17, 15) is 0 Å². The van der Waals surface area contributed by atoms with Crippen molar-refractivity contribution in [2.45, 2.75) is 0 Å². The summed E-state index contributed by atoms with van der Waals surface area (Å²) >= 11 is 0. The van der Waals surface area contributed by atoms with Crippen LogP contribution in [0.2, 0.25) is 0 Å². The third kappa shape index (κ3) is 6.22. The SMILES string of the molecule is c1ccc(-c2ccc3c(c2)N(c2ccccc2)CN3c2cccc(Oc3cc(-c4ccccc4)c4c5ccccc5n(-c5cc6c(cn5)c5ccccc5n6-c5ccccc5)c4c3)c2)cc1. The van der Waals surface area contributed by atoms with E-state index in [-0.39, 0.29) is 0 Å². The van der Waals surface area contributed by atoms with Gasteiger partial charge in [-0.05, 0) is 89.0 Å². The van der Waals surface area contributed by atoms with Crippen LogP contribution >= 0.6 is 0 Å². The Hall–Kier alpha value is -8.87. The summed E-state index contributed by atoms with van der Waals surface area (Å²) < 4.78 is 11.7. The zero-order valence-electron chi connectivity index (χ0n) is 35.9. The van der Waals surface area contributed by atoms with E-state index in [4.69, 9.17) is 9.72 Å². The molecule has 13 rings (SSSR count). The molecule has 6 heteroatoms. The number of rotatable bonds is 8. The van der Waals surface area contributed by atoms with Crippen molar-refractivity contribution in [3.05, 3.63) is 237 Å². The maximum Gasteiger partial charge on any atom is 0.139 e. The van der Waals surface area contributed by atoms with Crippen LogP contribution in [0.5, 0.6) is 11.5 Å². The first-order chi connectivity index (χ1) is 32.7. The molecule has 1 aliphatic rings. The number of para-hydroxylation sites is 4. The van der Waals surface area contributed by atoms with Gasteiger partial charge >= 0.3 is 0 Å². The summed E-state index contributed by atoms with van der Waals surface area (Å²) in [7, 11) is 0. The molecule has 4 heterocycles. The number of benzene rings is 9. The standard InChI is InChI=1S/C60H41N5O/c1-5-18-41(19-6-1)43-32-33-55-57(34-43)62(44-22-9-3-10-23-44)40-63(55)46-26-17-27-47(35-46)66-48-36-51(42-20-7-2-8-21-42)60-50-29-14-16-31-54(50)65(58(60)37-48)59-38-56-52(39-61-59)49-28-13-15-30-53(49)64(56)45-24-11-4-12-25-45/h1-39H,40H2. The molecule has 0 spiro atoms. The van der Waals surface area contributed by atoms with Crippen LogP contribution in [0.4, 0.5) is 22.7 Å². The third-order valence-corrected chi connectivity index (χ3v) is 13.0. The van der Waals surface area contributed by atoms with Crippen molar-refractivity contribution < 1.29 is 4.74 Å². The second-order valence-electron chi connectivity index (χ2n) is 16.8. The van der Waals surface area contributed by atoms with Crippen molar-refractivity contribution in [1.82, 2.24) is 14.1 Å². The van der Waals surface area contributed by atoms with Gasteiger partial charge in [-0.2, -0.15) is 0 Å². The summed E-state index contributed by atoms with van der Waals surface area (Å²) in [4.78, 5) is 10.0. The van der Waals surface area contributed by atoms with Crippen LogP contribution in [0.3, 0.4) is 0 Å². The molecule has 3 aromatic heterocycles.